The summed E-state index contributed by atoms with van der Waals surface area (Å²) in [7, 11) is 0. The van der Waals surface area contributed by atoms with E-state index in [1.54, 1.807) is 0 Å². The molecule has 5 heteroatoms. The number of nitrogens with two attached hydrogens (primary N) is 1. The molecule has 0 fully saturated rings. The normalized spacial score (nSPS) is 15.0. The van der Waals surface area contributed by atoms with Crippen LogP contribution in [0.1, 0.15) is 28.3 Å². The Bertz CT molecular complexity index is 663. The smallest absolute Gasteiger partial charge is 0.0725 e. The highest BCUT2D eigenvalue weighted by Gasteiger charge is 2.17. The second kappa shape index (κ2) is 6.46. The molecule has 1 aliphatic heterocycles. The molecule has 2 aromatic carbocycles. The highest BCUT2D eigenvalue weighted by molar-refractivity contribution is 9.10. The zero-order valence-electron chi connectivity index (χ0n) is 11.4. The fraction of sp³-hybridized carbons (Fsp3) is 0.250. The Balaban J connectivity index is 1.85. The van der Waals surface area contributed by atoms with Gasteiger partial charge < -0.3 is 4.74 Å². The summed E-state index contributed by atoms with van der Waals surface area (Å²) in [5.74, 6) is 5.74. The molecule has 110 valence electrons. The Hall–Kier alpha value is -0.910. The van der Waals surface area contributed by atoms with E-state index in [1.165, 1.54) is 11.1 Å². The topological polar surface area (TPSA) is 47.3 Å². The molecule has 3 rings (SSSR count). The van der Waals surface area contributed by atoms with Gasteiger partial charge in [-0.3, -0.25) is 11.3 Å². The Kier molecular flexibility index (Phi) is 4.62. The zero-order valence-corrected chi connectivity index (χ0v) is 13.7. The molecule has 3 N–H and O–H groups in total. The first kappa shape index (κ1) is 15.0. The maximum absolute atomic E-state index is 6.29. The predicted molar refractivity (Wildman–Crippen MR) is 87.9 cm³/mol. The van der Waals surface area contributed by atoms with E-state index in [1.807, 2.05) is 18.2 Å². The van der Waals surface area contributed by atoms with Crippen molar-refractivity contribution in [2.45, 2.75) is 25.7 Å². The van der Waals surface area contributed by atoms with Crippen LogP contribution in [0.4, 0.5) is 0 Å². The highest BCUT2D eigenvalue weighted by Crippen LogP contribution is 2.28. The standard InChI is InChI=1S/C16H16BrClN2O/c17-14-4-3-10(15(18)7-14)6-16(20-19)11-1-2-12-8-21-9-13(12)5-11/h1-5,7,16,20H,6,8-9,19H2. The number of hydrazine groups is 1. The molecule has 0 aromatic heterocycles. The summed E-state index contributed by atoms with van der Waals surface area (Å²) in [6.07, 6.45) is 0.738. The Morgan fingerprint density at radius 1 is 1.19 bits per heavy atom. The zero-order chi connectivity index (χ0) is 14.8. The van der Waals surface area contributed by atoms with Crippen LogP contribution in [0.5, 0.6) is 0 Å². The van der Waals surface area contributed by atoms with Crippen molar-refractivity contribution in [2.24, 2.45) is 5.84 Å². The quantitative estimate of drug-likeness (QED) is 0.637. The number of ether oxygens (including phenoxy) is 1. The number of fused-ring (bicyclic) bond motifs is 1. The van der Waals surface area contributed by atoms with Gasteiger partial charge in [0, 0.05) is 9.50 Å². The van der Waals surface area contributed by atoms with E-state index in [0.717, 1.165) is 27.0 Å². The minimum Gasteiger partial charge on any atom is -0.372 e. The molecule has 1 unspecified atom stereocenters. The number of hydrogen-bond acceptors (Lipinski definition) is 3. The van der Waals surface area contributed by atoms with Crippen molar-refractivity contribution in [2.75, 3.05) is 0 Å². The van der Waals surface area contributed by atoms with Gasteiger partial charge in [0.15, 0.2) is 0 Å². The van der Waals surface area contributed by atoms with E-state index in [-0.39, 0.29) is 6.04 Å². The summed E-state index contributed by atoms with van der Waals surface area (Å²) in [5.41, 5.74) is 7.62. The van der Waals surface area contributed by atoms with Gasteiger partial charge in [0.1, 0.15) is 0 Å². The highest BCUT2D eigenvalue weighted by atomic mass is 79.9. The second-order valence-electron chi connectivity index (χ2n) is 5.18. The number of nitrogens with one attached hydrogen (secondary N) is 1. The average molecular weight is 368 g/mol. The van der Waals surface area contributed by atoms with Crippen molar-refractivity contribution in [3.63, 3.8) is 0 Å². The fourth-order valence-corrected chi connectivity index (χ4v) is 3.34. The van der Waals surface area contributed by atoms with Crippen LogP contribution in [0.15, 0.2) is 40.9 Å². The van der Waals surface area contributed by atoms with Crippen LogP contribution in [-0.2, 0) is 24.4 Å². The van der Waals surface area contributed by atoms with Crippen molar-refractivity contribution < 1.29 is 4.74 Å². The first-order valence-corrected chi connectivity index (χ1v) is 7.94. The largest absolute Gasteiger partial charge is 0.372 e. The van der Waals surface area contributed by atoms with Crippen molar-refractivity contribution >= 4 is 27.5 Å². The van der Waals surface area contributed by atoms with Gasteiger partial charge >= 0.3 is 0 Å². The molecule has 21 heavy (non-hydrogen) atoms. The van der Waals surface area contributed by atoms with E-state index in [0.29, 0.717) is 13.2 Å². The maximum Gasteiger partial charge on any atom is 0.0725 e. The number of rotatable bonds is 4. The molecule has 1 aliphatic rings. The van der Waals surface area contributed by atoms with Crippen LogP contribution < -0.4 is 11.3 Å². The molecule has 0 aliphatic carbocycles. The Labute approximate surface area is 137 Å². The first-order chi connectivity index (χ1) is 10.2. The molecule has 0 amide bonds. The van der Waals surface area contributed by atoms with Crippen LogP contribution in [-0.4, -0.2) is 0 Å². The molecule has 0 radical (unpaired) electrons. The second-order valence-corrected chi connectivity index (χ2v) is 6.50. The summed E-state index contributed by atoms with van der Waals surface area (Å²) >= 11 is 9.71. The molecule has 0 spiro atoms. The lowest BCUT2D eigenvalue weighted by atomic mass is 9.96. The van der Waals surface area contributed by atoms with Gasteiger partial charge in [-0.25, -0.2) is 0 Å². The van der Waals surface area contributed by atoms with Crippen LogP contribution in [0.2, 0.25) is 5.02 Å². The third-order valence-electron chi connectivity index (χ3n) is 3.79. The van der Waals surface area contributed by atoms with Crippen molar-refractivity contribution in [3.05, 3.63) is 68.1 Å². The maximum atomic E-state index is 6.29. The summed E-state index contributed by atoms with van der Waals surface area (Å²) in [6, 6.07) is 12.3. The van der Waals surface area contributed by atoms with Crippen LogP contribution >= 0.6 is 27.5 Å². The molecule has 0 bridgehead atoms. The van der Waals surface area contributed by atoms with E-state index in [4.69, 9.17) is 22.2 Å². The molecular formula is C16H16BrClN2O. The van der Waals surface area contributed by atoms with Crippen LogP contribution in [0, 0.1) is 0 Å². The minimum atomic E-state index is 0.0228. The van der Waals surface area contributed by atoms with E-state index >= 15 is 0 Å². The average Bonchev–Trinajstić information content (AvgIpc) is 2.94. The molecule has 1 heterocycles. The van der Waals surface area contributed by atoms with Gasteiger partial charge in [-0.15, -0.1) is 0 Å². The SMILES string of the molecule is NNC(Cc1ccc(Br)cc1Cl)c1ccc2c(c1)COC2. The minimum absolute atomic E-state index is 0.0228. The lowest BCUT2D eigenvalue weighted by molar-refractivity contribution is 0.134. The van der Waals surface area contributed by atoms with Gasteiger partial charge in [0.25, 0.3) is 0 Å². The molecular weight excluding hydrogens is 352 g/mol. The van der Waals surface area contributed by atoms with Gasteiger partial charge in [-0.1, -0.05) is 51.8 Å². The van der Waals surface area contributed by atoms with E-state index < -0.39 is 0 Å². The summed E-state index contributed by atoms with van der Waals surface area (Å²) < 4.78 is 6.43. The molecule has 3 nitrogen and oxygen atoms in total. The molecule has 0 saturated heterocycles. The van der Waals surface area contributed by atoms with Crippen LogP contribution in [0.25, 0.3) is 0 Å². The number of benzene rings is 2. The lowest BCUT2D eigenvalue weighted by Crippen LogP contribution is -2.29. The monoisotopic (exact) mass is 366 g/mol. The lowest BCUT2D eigenvalue weighted by Gasteiger charge is -2.18. The fourth-order valence-electron chi connectivity index (χ4n) is 2.59. The van der Waals surface area contributed by atoms with Crippen molar-refractivity contribution in [1.82, 2.24) is 5.43 Å². The number of hydrogen-bond donors (Lipinski definition) is 2. The summed E-state index contributed by atoms with van der Waals surface area (Å²) in [5, 5.41) is 0.745. The van der Waals surface area contributed by atoms with Gasteiger partial charge in [-0.05, 0) is 40.8 Å². The third-order valence-corrected chi connectivity index (χ3v) is 4.63. The molecule has 2 aromatic rings. The van der Waals surface area contributed by atoms with Gasteiger partial charge in [0.2, 0.25) is 0 Å². The predicted octanol–water partition coefficient (Wildman–Crippen LogP) is 3.88. The number of halogens is 2. The van der Waals surface area contributed by atoms with E-state index in [2.05, 4.69) is 39.6 Å². The van der Waals surface area contributed by atoms with E-state index in [9.17, 15) is 0 Å². The Morgan fingerprint density at radius 2 is 2.00 bits per heavy atom. The summed E-state index contributed by atoms with van der Waals surface area (Å²) in [6.45, 7) is 1.38. The van der Waals surface area contributed by atoms with Crippen molar-refractivity contribution in [1.29, 1.82) is 0 Å². The Morgan fingerprint density at radius 3 is 2.76 bits per heavy atom. The third kappa shape index (κ3) is 3.30. The van der Waals surface area contributed by atoms with Gasteiger partial charge in [-0.2, -0.15) is 0 Å². The van der Waals surface area contributed by atoms with Crippen molar-refractivity contribution in [3.8, 4) is 0 Å². The molecule has 1 atom stereocenters. The summed E-state index contributed by atoms with van der Waals surface area (Å²) in [4.78, 5) is 0. The van der Waals surface area contributed by atoms with Gasteiger partial charge in [0.05, 0.1) is 19.3 Å². The molecule has 0 saturated carbocycles. The first-order valence-electron chi connectivity index (χ1n) is 6.77. The van der Waals surface area contributed by atoms with Crippen LogP contribution in [0.3, 0.4) is 0 Å².